The Hall–Kier alpha value is -2.17. The Kier molecular flexibility index (Phi) is 4.87. The Morgan fingerprint density at radius 3 is 2.88 bits per heavy atom. The van der Waals surface area contributed by atoms with Crippen molar-refractivity contribution in [1.29, 1.82) is 0 Å². The second kappa shape index (κ2) is 6.42. The van der Waals surface area contributed by atoms with E-state index in [4.69, 9.17) is 5.11 Å². The second-order valence-electron chi connectivity index (χ2n) is 3.47. The standard InChI is InChI=1S/C12H14N2O3/c1-2-3-6-10(12(16)17)14-11(15)9-5-4-7-13-8-9/h2,4-5,7-8,10H,1,3,6H2,(H,14,15)(H,16,17)/t10-/m0/s1. The highest BCUT2D eigenvalue weighted by Gasteiger charge is 2.19. The molecular weight excluding hydrogens is 220 g/mol. The molecule has 2 N–H and O–H groups in total. The van der Waals surface area contributed by atoms with Crippen LogP contribution >= 0.6 is 0 Å². The largest absolute Gasteiger partial charge is 0.480 e. The Balaban J connectivity index is 2.64. The SMILES string of the molecule is C=CCC[C@H](NC(=O)c1cccnc1)C(=O)O. The van der Waals surface area contributed by atoms with Gasteiger partial charge in [0.25, 0.3) is 5.91 Å². The first kappa shape index (κ1) is 12.9. The Labute approximate surface area is 99.2 Å². The molecule has 1 atom stereocenters. The van der Waals surface area contributed by atoms with Gasteiger partial charge in [-0.1, -0.05) is 6.08 Å². The van der Waals surface area contributed by atoms with Gasteiger partial charge in [0.2, 0.25) is 0 Å². The molecule has 17 heavy (non-hydrogen) atoms. The molecule has 0 radical (unpaired) electrons. The molecule has 1 heterocycles. The number of nitrogens with one attached hydrogen (secondary N) is 1. The van der Waals surface area contributed by atoms with Crippen molar-refractivity contribution >= 4 is 11.9 Å². The maximum atomic E-state index is 11.7. The van der Waals surface area contributed by atoms with E-state index >= 15 is 0 Å². The summed E-state index contributed by atoms with van der Waals surface area (Å²) in [5.41, 5.74) is 0.345. The monoisotopic (exact) mass is 234 g/mol. The minimum absolute atomic E-state index is 0.324. The van der Waals surface area contributed by atoms with Gasteiger partial charge in [-0.2, -0.15) is 0 Å². The minimum atomic E-state index is -1.05. The van der Waals surface area contributed by atoms with Gasteiger partial charge in [-0.05, 0) is 25.0 Å². The van der Waals surface area contributed by atoms with Crippen molar-refractivity contribution in [3.63, 3.8) is 0 Å². The number of carboxylic acids is 1. The minimum Gasteiger partial charge on any atom is -0.480 e. The summed E-state index contributed by atoms with van der Waals surface area (Å²) in [4.78, 5) is 26.4. The number of carbonyl (C=O) groups excluding carboxylic acids is 1. The fourth-order valence-electron chi connectivity index (χ4n) is 1.28. The molecule has 1 amide bonds. The molecule has 5 heteroatoms. The van der Waals surface area contributed by atoms with Crippen LogP contribution in [0.3, 0.4) is 0 Å². The molecule has 5 nitrogen and oxygen atoms in total. The topological polar surface area (TPSA) is 79.3 Å². The number of hydrogen-bond donors (Lipinski definition) is 2. The van der Waals surface area contributed by atoms with Crippen molar-refractivity contribution in [2.75, 3.05) is 0 Å². The molecule has 1 rings (SSSR count). The molecule has 0 saturated heterocycles. The fourth-order valence-corrected chi connectivity index (χ4v) is 1.28. The average Bonchev–Trinajstić information content (AvgIpc) is 2.35. The van der Waals surface area contributed by atoms with Gasteiger partial charge in [0.15, 0.2) is 0 Å². The van der Waals surface area contributed by atoms with E-state index in [1.165, 1.54) is 6.20 Å². The highest BCUT2D eigenvalue weighted by atomic mass is 16.4. The molecule has 1 aromatic heterocycles. The van der Waals surface area contributed by atoms with Gasteiger partial charge < -0.3 is 10.4 Å². The number of allylic oxidation sites excluding steroid dienone is 1. The van der Waals surface area contributed by atoms with E-state index in [1.54, 1.807) is 24.4 Å². The van der Waals surface area contributed by atoms with Crippen LogP contribution in [0, 0.1) is 0 Å². The predicted octanol–water partition coefficient (Wildman–Crippen LogP) is 1.23. The van der Waals surface area contributed by atoms with E-state index < -0.39 is 17.9 Å². The summed E-state index contributed by atoms with van der Waals surface area (Å²) in [5, 5.41) is 11.4. The van der Waals surface area contributed by atoms with Gasteiger partial charge in [-0.15, -0.1) is 6.58 Å². The lowest BCUT2D eigenvalue weighted by Gasteiger charge is -2.13. The zero-order valence-electron chi connectivity index (χ0n) is 9.30. The summed E-state index contributed by atoms with van der Waals surface area (Å²) < 4.78 is 0. The van der Waals surface area contributed by atoms with Gasteiger partial charge in [0.05, 0.1) is 5.56 Å². The molecule has 0 aliphatic rings. The first-order chi connectivity index (χ1) is 8.15. The normalized spacial score (nSPS) is 11.5. The number of amides is 1. The molecule has 0 saturated carbocycles. The fraction of sp³-hybridized carbons (Fsp3) is 0.250. The maximum Gasteiger partial charge on any atom is 0.326 e. The van der Waals surface area contributed by atoms with Crippen molar-refractivity contribution in [2.45, 2.75) is 18.9 Å². The number of carboxylic acid groups (broad SMARTS) is 1. The second-order valence-corrected chi connectivity index (χ2v) is 3.47. The molecular formula is C12H14N2O3. The number of aromatic nitrogens is 1. The molecule has 0 aliphatic carbocycles. The number of nitrogens with zero attached hydrogens (tertiary/aromatic N) is 1. The maximum absolute atomic E-state index is 11.7. The Morgan fingerprint density at radius 1 is 1.59 bits per heavy atom. The summed E-state index contributed by atoms with van der Waals surface area (Å²) in [6.07, 6.45) is 5.41. The molecule has 0 aromatic carbocycles. The Bertz CT molecular complexity index is 403. The third-order valence-corrected chi connectivity index (χ3v) is 2.19. The molecule has 1 aromatic rings. The highest BCUT2D eigenvalue weighted by molar-refractivity contribution is 5.96. The van der Waals surface area contributed by atoms with Crippen molar-refractivity contribution in [1.82, 2.24) is 10.3 Å². The number of hydrogen-bond acceptors (Lipinski definition) is 3. The quantitative estimate of drug-likeness (QED) is 0.725. The van der Waals surface area contributed by atoms with Crippen LogP contribution in [0.2, 0.25) is 0 Å². The van der Waals surface area contributed by atoms with Crippen LogP contribution in [0.1, 0.15) is 23.2 Å². The van der Waals surface area contributed by atoms with Gasteiger partial charge >= 0.3 is 5.97 Å². The van der Waals surface area contributed by atoms with Crippen molar-refractivity contribution in [3.05, 3.63) is 42.7 Å². The molecule has 90 valence electrons. The Morgan fingerprint density at radius 2 is 2.35 bits per heavy atom. The first-order valence-electron chi connectivity index (χ1n) is 5.19. The van der Waals surface area contributed by atoms with Gasteiger partial charge in [0, 0.05) is 12.4 Å². The van der Waals surface area contributed by atoms with E-state index in [2.05, 4.69) is 16.9 Å². The predicted molar refractivity (Wildman–Crippen MR) is 62.6 cm³/mol. The molecule has 0 spiro atoms. The zero-order chi connectivity index (χ0) is 12.7. The number of rotatable bonds is 6. The van der Waals surface area contributed by atoms with Gasteiger partial charge in [-0.25, -0.2) is 4.79 Å². The van der Waals surface area contributed by atoms with Crippen LogP contribution in [0.25, 0.3) is 0 Å². The lowest BCUT2D eigenvalue weighted by molar-refractivity contribution is -0.139. The molecule has 0 bridgehead atoms. The van der Waals surface area contributed by atoms with E-state index in [-0.39, 0.29) is 0 Å². The summed E-state index contributed by atoms with van der Waals surface area (Å²) in [6, 6.07) is 2.30. The van der Waals surface area contributed by atoms with Crippen LogP contribution in [0.5, 0.6) is 0 Å². The number of carbonyl (C=O) groups is 2. The average molecular weight is 234 g/mol. The third kappa shape index (κ3) is 4.06. The van der Waals surface area contributed by atoms with Crippen molar-refractivity contribution < 1.29 is 14.7 Å². The van der Waals surface area contributed by atoms with Crippen molar-refractivity contribution in [2.24, 2.45) is 0 Å². The van der Waals surface area contributed by atoms with Crippen LogP contribution < -0.4 is 5.32 Å². The van der Waals surface area contributed by atoms with Crippen LogP contribution in [-0.2, 0) is 4.79 Å². The molecule has 0 unspecified atom stereocenters. The zero-order valence-corrected chi connectivity index (χ0v) is 9.30. The number of aliphatic carboxylic acids is 1. The van der Waals surface area contributed by atoms with Gasteiger partial charge in [-0.3, -0.25) is 9.78 Å². The molecule has 0 fully saturated rings. The first-order valence-corrected chi connectivity index (χ1v) is 5.19. The number of pyridine rings is 1. The summed E-state index contributed by atoms with van der Waals surface area (Å²) >= 11 is 0. The third-order valence-electron chi connectivity index (χ3n) is 2.19. The summed E-state index contributed by atoms with van der Waals surface area (Å²) in [6.45, 7) is 3.51. The lowest BCUT2D eigenvalue weighted by atomic mass is 10.1. The highest BCUT2D eigenvalue weighted by Crippen LogP contribution is 2.02. The lowest BCUT2D eigenvalue weighted by Crippen LogP contribution is -2.40. The van der Waals surface area contributed by atoms with Crippen LogP contribution in [0.15, 0.2) is 37.2 Å². The van der Waals surface area contributed by atoms with Crippen LogP contribution in [-0.4, -0.2) is 28.0 Å². The summed E-state index contributed by atoms with van der Waals surface area (Å²) in [7, 11) is 0. The smallest absolute Gasteiger partial charge is 0.326 e. The van der Waals surface area contributed by atoms with E-state index in [1.807, 2.05) is 0 Å². The van der Waals surface area contributed by atoms with E-state index in [0.717, 1.165) is 0 Å². The summed E-state index contributed by atoms with van der Waals surface area (Å²) in [5.74, 6) is -1.49. The van der Waals surface area contributed by atoms with E-state index in [9.17, 15) is 9.59 Å². The van der Waals surface area contributed by atoms with E-state index in [0.29, 0.717) is 18.4 Å². The van der Waals surface area contributed by atoms with Crippen molar-refractivity contribution in [3.8, 4) is 0 Å². The van der Waals surface area contributed by atoms with Crippen LogP contribution in [0.4, 0.5) is 0 Å². The molecule has 0 aliphatic heterocycles. The van der Waals surface area contributed by atoms with Gasteiger partial charge in [0.1, 0.15) is 6.04 Å².